The summed E-state index contributed by atoms with van der Waals surface area (Å²) in [7, 11) is 0. The molecule has 6 heteroatoms. The second-order valence-corrected chi connectivity index (χ2v) is 7.79. The zero-order valence-electron chi connectivity index (χ0n) is 15.4. The molecule has 2 saturated heterocycles. The Morgan fingerprint density at radius 3 is 2.75 bits per heavy atom. The number of ketones is 1. The van der Waals surface area contributed by atoms with Gasteiger partial charge in [0.15, 0.2) is 5.78 Å². The summed E-state index contributed by atoms with van der Waals surface area (Å²) in [4.78, 5) is 27.5. The van der Waals surface area contributed by atoms with Gasteiger partial charge in [0.05, 0.1) is 6.04 Å². The minimum atomic E-state index is -0.277. The third kappa shape index (κ3) is 2.93. The second kappa shape index (κ2) is 7.30. The Morgan fingerprint density at radius 1 is 1.11 bits per heavy atom. The maximum atomic E-state index is 13.9. The molecule has 0 saturated carbocycles. The van der Waals surface area contributed by atoms with Gasteiger partial charge in [-0.25, -0.2) is 4.39 Å². The molecular weight excluding hydrogens is 379 g/mol. The second-order valence-electron chi connectivity index (χ2n) is 7.79. The van der Waals surface area contributed by atoms with Crippen LogP contribution in [0.3, 0.4) is 0 Å². The molecule has 0 bridgehead atoms. The van der Waals surface area contributed by atoms with Gasteiger partial charge in [-0.2, -0.15) is 0 Å². The van der Waals surface area contributed by atoms with Gasteiger partial charge in [0.1, 0.15) is 5.82 Å². The van der Waals surface area contributed by atoms with E-state index in [0.717, 1.165) is 24.2 Å². The van der Waals surface area contributed by atoms with E-state index in [-0.39, 0.29) is 41.9 Å². The van der Waals surface area contributed by atoms with E-state index in [9.17, 15) is 14.0 Å². The van der Waals surface area contributed by atoms with Crippen molar-refractivity contribution in [2.75, 3.05) is 19.6 Å². The molecule has 2 aromatic carbocycles. The highest BCUT2D eigenvalue weighted by Crippen LogP contribution is 2.44. The molecule has 2 aromatic rings. The van der Waals surface area contributed by atoms with Crippen molar-refractivity contribution in [3.05, 3.63) is 70.5 Å². The van der Waals surface area contributed by atoms with Gasteiger partial charge in [-0.15, -0.1) is 12.4 Å². The molecule has 1 amide bonds. The number of halogens is 2. The number of benzene rings is 2. The van der Waals surface area contributed by atoms with Gasteiger partial charge in [-0.1, -0.05) is 24.3 Å². The fraction of sp³-hybridized carbons (Fsp3) is 0.364. The third-order valence-electron chi connectivity index (χ3n) is 6.32. The molecule has 1 N–H and O–H groups in total. The highest BCUT2D eigenvalue weighted by Gasteiger charge is 2.47. The van der Waals surface area contributed by atoms with Crippen LogP contribution in [0.2, 0.25) is 0 Å². The SMILES string of the molecule is Cl.O=C1CCc2c1cccc2C(=O)N1C[C@@H]2CNC[C@@H]2[C@H]1c1cccc(F)c1. The van der Waals surface area contributed by atoms with Crippen molar-refractivity contribution in [1.29, 1.82) is 0 Å². The predicted molar refractivity (Wildman–Crippen MR) is 106 cm³/mol. The average molecular weight is 401 g/mol. The molecular formula is C22H22ClFN2O2. The molecule has 2 aliphatic heterocycles. The normalized spacial score (nSPS) is 25.4. The summed E-state index contributed by atoms with van der Waals surface area (Å²) < 4.78 is 13.9. The van der Waals surface area contributed by atoms with Crippen LogP contribution in [0.5, 0.6) is 0 Å². The molecule has 0 radical (unpaired) electrons. The number of hydrogen-bond acceptors (Lipinski definition) is 3. The van der Waals surface area contributed by atoms with Crippen LogP contribution in [0, 0.1) is 17.7 Å². The molecule has 2 fully saturated rings. The summed E-state index contributed by atoms with van der Waals surface area (Å²) in [5, 5.41) is 3.41. The summed E-state index contributed by atoms with van der Waals surface area (Å²) in [5.41, 5.74) is 3.04. The molecule has 28 heavy (non-hydrogen) atoms. The third-order valence-corrected chi connectivity index (χ3v) is 6.32. The molecule has 146 valence electrons. The number of carbonyl (C=O) groups excluding carboxylic acids is 2. The smallest absolute Gasteiger partial charge is 0.254 e. The zero-order valence-corrected chi connectivity index (χ0v) is 16.2. The first-order chi connectivity index (χ1) is 13.1. The number of nitrogens with one attached hydrogen (secondary N) is 1. The topological polar surface area (TPSA) is 49.4 Å². The minimum Gasteiger partial charge on any atom is -0.331 e. The Balaban J connectivity index is 0.00000192. The van der Waals surface area contributed by atoms with Crippen LogP contribution in [0.25, 0.3) is 0 Å². The van der Waals surface area contributed by atoms with Gasteiger partial charge in [0.25, 0.3) is 5.91 Å². The Bertz CT molecular complexity index is 948. The fourth-order valence-electron chi connectivity index (χ4n) is 5.09. The van der Waals surface area contributed by atoms with Crippen molar-refractivity contribution in [3.8, 4) is 0 Å². The van der Waals surface area contributed by atoms with Gasteiger partial charge < -0.3 is 10.2 Å². The van der Waals surface area contributed by atoms with Crippen LogP contribution in [-0.4, -0.2) is 36.2 Å². The lowest BCUT2D eigenvalue weighted by Crippen LogP contribution is -2.35. The number of nitrogens with zero attached hydrogens (tertiary/aromatic N) is 1. The Labute approximate surface area is 169 Å². The van der Waals surface area contributed by atoms with E-state index in [1.54, 1.807) is 18.2 Å². The number of likely N-dealkylation sites (tertiary alicyclic amines) is 1. The number of Topliss-reactive ketones (excluding diaryl/α,β-unsaturated/α-hetero) is 1. The van der Waals surface area contributed by atoms with Gasteiger partial charge in [0.2, 0.25) is 0 Å². The lowest BCUT2D eigenvalue weighted by molar-refractivity contribution is 0.0712. The van der Waals surface area contributed by atoms with Gasteiger partial charge in [-0.3, -0.25) is 9.59 Å². The van der Waals surface area contributed by atoms with Crippen molar-refractivity contribution in [2.24, 2.45) is 11.8 Å². The number of hydrogen-bond donors (Lipinski definition) is 1. The quantitative estimate of drug-likeness (QED) is 0.840. The van der Waals surface area contributed by atoms with Crippen molar-refractivity contribution >= 4 is 24.1 Å². The Morgan fingerprint density at radius 2 is 1.93 bits per heavy atom. The van der Waals surface area contributed by atoms with E-state index in [4.69, 9.17) is 0 Å². The highest BCUT2D eigenvalue weighted by atomic mass is 35.5. The van der Waals surface area contributed by atoms with Crippen LogP contribution in [0.1, 0.15) is 44.3 Å². The summed E-state index contributed by atoms with van der Waals surface area (Å²) >= 11 is 0. The van der Waals surface area contributed by atoms with Gasteiger partial charge >= 0.3 is 0 Å². The zero-order chi connectivity index (χ0) is 18.5. The maximum absolute atomic E-state index is 13.9. The van der Waals surface area contributed by atoms with Crippen LogP contribution < -0.4 is 5.32 Å². The van der Waals surface area contributed by atoms with Crippen molar-refractivity contribution in [3.63, 3.8) is 0 Å². The van der Waals surface area contributed by atoms with Crippen LogP contribution in [0.4, 0.5) is 4.39 Å². The first-order valence-electron chi connectivity index (χ1n) is 9.55. The summed E-state index contributed by atoms with van der Waals surface area (Å²) in [6.07, 6.45) is 1.10. The van der Waals surface area contributed by atoms with E-state index >= 15 is 0 Å². The van der Waals surface area contributed by atoms with Crippen molar-refractivity contribution in [1.82, 2.24) is 10.2 Å². The van der Waals surface area contributed by atoms with Gasteiger partial charge in [-0.05, 0) is 41.7 Å². The molecule has 3 aliphatic rings. The van der Waals surface area contributed by atoms with E-state index in [1.807, 2.05) is 23.1 Å². The molecule has 0 spiro atoms. The first-order valence-corrected chi connectivity index (χ1v) is 9.55. The highest BCUT2D eigenvalue weighted by molar-refractivity contribution is 6.05. The largest absolute Gasteiger partial charge is 0.331 e. The fourth-order valence-corrected chi connectivity index (χ4v) is 5.09. The summed E-state index contributed by atoms with van der Waals surface area (Å²) in [6, 6.07) is 11.9. The average Bonchev–Trinajstić information content (AvgIpc) is 3.35. The number of carbonyl (C=O) groups is 2. The summed E-state index contributed by atoms with van der Waals surface area (Å²) in [5.74, 6) is 0.462. The lowest BCUT2D eigenvalue weighted by atomic mass is 9.89. The molecule has 5 rings (SSSR count). The van der Waals surface area contributed by atoms with Gasteiger partial charge in [0, 0.05) is 43.1 Å². The van der Waals surface area contributed by atoms with Crippen molar-refractivity contribution < 1.29 is 14.0 Å². The minimum absolute atomic E-state index is 0. The lowest BCUT2D eigenvalue weighted by Gasteiger charge is -2.29. The Kier molecular flexibility index (Phi) is 4.98. The molecule has 0 aromatic heterocycles. The number of amides is 1. The molecule has 0 unspecified atom stereocenters. The first kappa shape index (κ1) is 19.1. The van der Waals surface area contributed by atoms with Crippen LogP contribution in [-0.2, 0) is 6.42 Å². The van der Waals surface area contributed by atoms with Crippen LogP contribution in [0.15, 0.2) is 42.5 Å². The number of rotatable bonds is 2. The number of fused-ring (bicyclic) bond motifs is 2. The standard InChI is InChI=1S/C22H21FN2O2.ClH/c23-15-4-1-3-13(9-15)21-19-11-24-10-14(19)12-25(21)22(27)18-6-2-5-17-16(18)7-8-20(17)26;/h1-6,9,14,19,21,24H,7-8,10-12H2;1H/t14-,19-,21+;/m0./s1. The van der Waals surface area contributed by atoms with Crippen LogP contribution >= 0.6 is 12.4 Å². The molecule has 4 nitrogen and oxygen atoms in total. The predicted octanol–water partition coefficient (Wildman–Crippen LogP) is 3.41. The monoisotopic (exact) mass is 400 g/mol. The van der Waals surface area contributed by atoms with E-state index in [0.29, 0.717) is 36.4 Å². The van der Waals surface area contributed by atoms with E-state index < -0.39 is 0 Å². The summed E-state index contributed by atoms with van der Waals surface area (Å²) in [6.45, 7) is 2.38. The molecule has 3 atom stereocenters. The van der Waals surface area contributed by atoms with E-state index in [2.05, 4.69) is 5.32 Å². The van der Waals surface area contributed by atoms with E-state index in [1.165, 1.54) is 6.07 Å². The molecule has 1 aliphatic carbocycles. The maximum Gasteiger partial charge on any atom is 0.254 e. The molecule has 2 heterocycles. The van der Waals surface area contributed by atoms with Crippen molar-refractivity contribution in [2.45, 2.75) is 18.9 Å². The Hall–Kier alpha value is -2.24.